The lowest BCUT2D eigenvalue weighted by Crippen LogP contribution is -2.17. The molecule has 0 saturated heterocycles. The second-order valence-corrected chi connectivity index (χ2v) is 8.61. The van der Waals surface area contributed by atoms with Gasteiger partial charge in [-0.15, -0.1) is 0 Å². The summed E-state index contributed by atoms with van der Waals surface area (Å²) in [6, 6.07) is 15.2. The van der Waals surface area contributed by atoms with Gasteiger partial charge < -0.3 is 24.4 Å². The first-order valence-corrected chi connectivity index (χ1v) is 11.8. The fourth-order valence-corrected chi connectivity index (χ4v) is 4.52. The van der Waals surface area contributed by atoms with Crippen molar-refractivity contribution in [2.24, 2.45) is 0 Å². The number of hydrogen-bond donors (Lipinski definition) is 2. The largest absolute Gasteiger partial charge is 0.472 e. The fraction of sp³-hybridized carbons (Fsp3) is 0.115. The van der Waals surface area contributed by atoms with E-state index in [2.05, 4.69) is 21.0 Å². The first-order chi connectivity index (χ1) is 17.1. The van der Waals surface area contributed by atoms with E-state index in [1.54, 1.807) is 28.2 Å². The highest BCUT2D eigenvalue weighted by molar-refractivity contribution is 7.07. The second kappa shape index (κ2) is 9.86. The second-order valence-electron chi connectivity index (χ2n) is 7.83. The maximum Gasteiger partial charge on any atom is 0.356 e. The van der Waals surface area contributed by atoms with Crippen LogP contribution in [0.3, 0.4) is 0 Å². The van der Waals surface area contributed by atoms with E-state index in [-0.39, 0.29) is 5.69 Å². The summed E-state index contributed by atoms with van der Waals surface area (Å²) in [5, 5.41) is 11.0. The molecule has 1 aromatic carbocycles. The Labute approximate surface area is 205 Å². The molecule has 0 radical (unpaired) electrons. The number of amides is 1. The van der Waals surface area contributed by atoms with Gasteiger partial charge in [0.05, 0.1) is 36.5 Å². The zero-order valence-electron chi connectivity index (χ0n) is 18.9. The van der Waals surface area contributed by atoms with Gasteiger partial charge in [0, 0.05) is 18.5 Å². The molecule has 4 heterocycles. The van der Waals surface area contributed by atoms with Crippen molar-refractivity contribution in [1.29, 1.82) is 0 Å². The van der Waals surface area contributed by atoms with Crippen molar-refractivity contribution in [2.75, 3.05) is 17.7 Å². The van der Waals surface area contributed by atoms with E-state index in [1.807, 2.05) is 47.8 Å². The van der Waals surface area contributed by atoms with Gasteiger partial charge in [-0.3, -0.25) is 4.79 Å². The van der Waals surface area contributed by atoms with Crippen LogP contribution in [0.2, 0.25) is 0 Å². The summed E-state index contributed by atoms with van der Waals surface area (Å²) in [5.74, 6) is -0.978. The van der Waals surface area contributed by atoms with E-state index < -0.39 is 11.9 Å². The monoisotopic (exact) mass is 486 g/mol. The molecule has 0 atom stereocenters. The number of carbonyl (C=O) groups is 2. The molecule has 0 aliphatic carbocycles. The van der Waals surface area contributed by atoms with Gasteiger partial charge in [0.1, 0.15) is 11.9 Å². The molecule has 4 aromatic heterocycles. The highest BCUT2D eigenvalue weighted by Crippen LogP contribution is 2.34. The van der Waals surface area contributed by atoms with Crippen LogP contribution in [0.1, 0.15) is 32.0 Å². The third kappa shape index (κ3) is 4.67. The normalized spacial score (nSPS) is 10.9. The molecule has 0 bridgehead atoms. The van der Waals surface area contributed by atoms with Gasteiger partial charge in [-0.05, 0) is 40.1 Å². The lowest BCUT2D eigenvalue weighted by molar-refractivity contribution is 0.0591. The number of aromatic nitrogens is 2. The number of rotatable bonds is 8. The van der Waals surface area contributed by atoms with Crippen molar-refractivity contribution >= 4 is 45.6 Å². The minimum atomic E-state index is -0.575. The van der Waals surface area contributed by atoms with Gasteiger partial charge in [0.2, 0.25) is 0 Å². The zero-order valence-corrected chi connectivity index (χ0v) is 19.7. The summed E-state index contributed by atoms with van der Waals surface area (Å²) in [6.07, 6.45) is 4.49. The van der Waals surface area contributed by atoms with Crippen LogP contribution in [0, 0.1) is 0 Å². The van der Waals surface area contributed by atoms with Gasteiger partial charge in [0.15, 0.2) is 5.69 Å². The topological polar surface area (TPSA) is 98.4 Å². The molecule has 2 N–H and O–H groups in total. The van der Waals surface area contributed by atoms with Crippen molar-refractivity contribution in [3.63, 3.8) is 0 Å². The number of furan rings is 1. The van der Waals surface area contributed by atoms with Crippen molar-refractivity contribution in [3.05, 3.63) is 100 Å². The van der Waals surface area contributed by atoms with Crippen LogP contribution in [0.4, 0.5) is 11.4 Å². The number of ether oxygens (including phenoxy) is 1. The molecule has 8 nitrogen and oxygen atoms in total. The number of methoxy groups -OCH3 is 1. The van der Waals surface area contributed by atoms with Crippen LogP contribution >= 0.6 is 11.3 Å². The molecule has 0 fully saturated rings. The summed E-state index contributed by atoms with van der Waals surface area (Å²) in [5.41, 5.74) is 4.33. The van der Waals surface area contributed by atoms with Crippen LogP contribution in [-0.2, 0) is 17.8 Å². The molecule has 0 unspecified atom stereocenters. The summed E-state index contributed by atoms with van der Waals surface area (Å²) >= 11 is 1.63. The van der Waals surface area contributed by atoms with Gasteiger partial charge in [0.25, 0.3) is 5.91 Å². The number of carbonyl (C=O) groups excluding carboxylic acids is 2. The quantitative estimate of drug-likeness (QED) is 0.285. The predicted molar refractivity (Wildman–Crippen MR) is 135 cm³/mol. The molecular formula is C26H22N4O4S. The van der Waals surface area contributed by atoms with E-state index in [0.29, 0.717) is 35.4 Å². The Kier molecular flexibility index (Phi) is 6.32. The Morgan fingerprint density at radius 1 is 1.14 bits per heavy atom. The lowest BCUT2D eigenvalue weighted by atomic mass is 10.2. The van der Waals surface area contributed by atoms with Crippen LogP contribution in [0.5, 0.6) is 0 Å². The average molecular weight is 487 g/mol. The summed E-state index contributed by atoms with van der Waals surface area (Å²) in [6.45, 7) is 1.00. The number of esters is 1. The van der Waals surface area contributed by atoms with Gasteiger partial charge >= 0.3 is 5.97 Å². The van der Waals surface area contributed by atoms with Gasteiger partial charge in [-0.2, -0.15) is 11.3 Å². The summed E-state index contributed by atoms with van der Waals surface area (Å²) < 4.78 is 11.9. The Hall–Kier alpha value is -4.37. The standard InChI is InChI=1S/C26H22N4O4S/c1-33-26(32)23-22(29-25(31)19-7-9-34-15-19)21-11-20(27-12-18-8-10-35-16-18)13-28-24(21)30(23)14-17-5-3-2-4-6-17/h2-11,13,15-16,27H,12,14H2,1H3,(H,29,31). The minimum Gasteiger partial charge on any atom is -0.472 e. The van der Waals surface area contributed by atoms with Crippen molar-refractivity contribution < 1.29 is 18.7 Å². The van der Waals surface area contributed by atoms with Gasteiger partial charge in [-0.1, -0.05) is 30.3 Å². The first-order valence-electron chi connectivity index (χ1n) is 10.9. The fourth-order valence-electron chi connectivity index (χ4n) is 3.85. The molecule has 0 aliphatic heterocycles. The molecule has 9 heteroatoms. The maximum atomic E-state index is 13.0. The third-order valence-corrected chi connectivity index (χ3v) is 6.29. The maximum absolute atomic E-state index is 13.0. The van der Waals surface area contributed by atoms with Crippen molar-refractivity contribution in [1.82, 2.24) is 9.55 Å². The summed E-state index contributed by atoms with van der Waals surface area (Å²) in [4.78, 5) is 30.6. The Morgan fingerprint density at radius 2 is 2.00 bits per heavy atom. The predicted octanol–water partition coefficient (Wildman–Crippen LogP) is 5.39. The number of nitrogens with zero attached hydrogens (tertiary/aromatic N) is 2. The summed E-state index contributed by atoms with van der Waals surface area (Å²) in [7, 11) is 1.32. The highest BCUT2D eigenvalue weighted by Gasteiger charge is 2.27. The van der Waals surface area contributed by atoms with Crippen molar-refractivity contribution in [3.8, 4) is 0 Å². The van der Waals surface area contributed by atoms with Crippen molar-refractivity contribution in [2.45, 2.75) is 13.1 Å². The van der Waals surface area contributed by atoms with E-state index >= 15 is 0 Å². The molecule has 5 rings (SSSR count). The molecule has 176 valence electrons. The number of thiophene rings is 1. The smallest absolute Gasteiger partial charge is 0.356 e. The van der Waals surface area contributed by atoms with E-state index in [9.17, 15) is 9.59 Å². The Morgan fingerprint density at radius 3 is 2.71 bits per heavy atom. The van der Waals surface area contributed by atoms with Crippen LogP contribution in [0.25, 0.3) is 11.0 Å². The first kappa shape index (κ1) is 22.4. The molecule has 1 amide bonds. The number of nitrogens with one attached hydrogen (secondary N) is 2. The molecule has 0 aliphatic rings. The molecule has 0 spiro atoms. The average Bonchev–Trinajstić information content (AvgIpc) is 3.65. The van der Waals surface area contributed by atoms with Crippen LogP contribution < -0.4 is 10.6 Å². The van der Waals surface area contributed by atoms with Gasteiger partial charge in [-0.25, -0.2) is 9.78 Å². The number of fused-ring (bicyclic) bond motifs is 1. The number of pyridine rings is 1. The van der Waals surface area contributed by atoms with Crippen LogP contribution in [-0.4, -0.2) is 28.5 Å². The number of benzene rings is 1. The highest BCUT2D eigenvalue weighted by atomic mass is 32.1. The van der Waals surface area contributed by atoms with E-state index in [0.717, 1.165) is 16.8 Å². The minimum absolute atomic E-state index is 0.214. The molecular weight excluding hydrogens is 464 g/mol. The molecule has 0 saturated carbocycles. The van der Waals surface area contributed by atoms with E-state index in [1.165, 1.54) is 19.6 Å². The SMILES string of the molecule is COC(=O)c1c(NC(=O)c2ccoc2)c2cc(NCc3ccsc3)cnc2n1Cc1ccccc1. The van der Waals surface area contributed by atoms with Crippen LogP contribution in [0.15, 0.2) is 82.4 Å². The molecule has 35 heavy (non-hydrogen) atoms. The molecule has 5 aromatic rings. The zero-order chi connectivity index (χ0) is 24.2. The number of hydrogen-bond acceptors (Lipinski definition) is 7. The Bertz CT molecular complexity index is 1460. The van der Waals surface area contributed by atoms with E-state index in [4.69, 9.17) is 9.15 Å². The third-order valence-electron chi connectivity index (χ3n) is 5.56. The lowest BCUT2D eigenvalue weighted by Gasteiger charge is -2.11. The number of anilines is 2. The Balaban J connectivity index is 1.62.